The van der Waals surface area contributed by atoms with Gasteiger partial charge in [-0.15, -0.1) is 11.3 Å². The Morgan fingerprint density at radius 1 is 1.21 bits per heavy atom. The standard InChI is InChI=1S/C15H20N2OS/c18-14(10-4-2-1-3-5-10)13-15(11-6-7-11)19-12-8-16-9-17(12)13/h8-11,14,18H,1-7H2/t14-/m0/s1. The first-order valence-electron chi connectivity index (χ1n) is 7.47. The third-order valence-corrected chi connectivity index (χ3v) is 5.93. The van der Waals surface area contributed by atoms with Gasteiger partial charge in [0.2, 0.25) is 0 Å². The van der Waals surface area contributed by atoms with Gasteiger partial charge in [-0.2, -0.15) is 0 Å². The van der Waals surface area contributed by atoms with Crippen LogP contribution in [0.1, 0.15) is 67.5 Å². The molecule has 102 valence electrons. The molecule has 2 aromatic heterocycles. The van der Waals surface area contributed by atoms with Gasteiger partial charge in [-0.3, -0.25) is 4.40 Å². The second-order valence-electron chi connectivity index (χ2n) is 6.07. The van der Waals surface area contributed by atoms with Crippen LogP contribution in [0.2, 0.25) is 0 Å². The lowest BCUT2D eigenvalue weighted by Gasteiger charge is -2.27. The lowest BCUT2D eigenvalue weighted by molar-refractivity contribution is 0.0798. The predicted octanol–water partition coefficient (Wildman–Crippen LogP) is 3.89. The Labute approximate surface area is 117 Å². The van der Waals surface area contributed by atoms with E-state index in [4.69, 9.17) is 0 Å². The molecule has 0 spiro atoms. The zero-order valence-corrected chi connectivity index (χ0v) is 11.9. The number of nitrogens with zero attached hydrogens (tertiary/aromatic N) is 2. The fraction of sp³-hybridized carbons (Fsp3) is 0.667. The molecule has 2 aliphatic rings. The van der Waals surface area contributed by atoms with Crippen molar-refractivity contribution in [3.63, 3.8) is 0 Å². The normalized spacial score (nSPS) is 23.0. The third kappa shape index (κ3) is 2.01. The summed E-state index contributed by atoms with van der Waals surface area (Å²) in [5.74, 6) is 1.16. The van der Waals surface area contributed by atoms with Gasteiger partial charge in [0, 0.05) is 4.88 Å². The van der Waals surface area contributed by atoms with Crippen molar-refractivity contribution in [1.29, 1.82) is 0 Å². The zero-order chi connectivity index (χ0) is 12.8. The van der Waals surface area contributed by atoms with Crippen LogP contribution in [0.3, 0.4) is 0 Å². The molecule has 0 saturated heterocycles. The van der Waals surface area contributed by atoms with Crippen molar-refractivity contribution in [2.75, 3.05) is 0 Å². The molecular weight excluding hydrogens is 256 g/mol. The maximum Gasteiger partial charge on any atom is 0.120 e. The average molecular weight is 276 g/mol. The topological polar surface area (TPSA) is 37.5 Å². The number of hydrogen-bond acceptors (Lipinski definition) is 3. The number of imidazole rings is 1. The van der Waals surface area contributed by atoms with E-state index >= 15 is 0 Å². The average Bonchev–Trinajstić information content (AvgIpc) is 3.08. The number of aliphatic hydroxyl groups excluding tert-OH is 1. The van der Waals surface area contributed by atoms with Gasteiger partial charge in [0.15, 0.2) is 0 Å². The highest BCUT2D eigenvalue weighted by Gasteiger charge is 2.34. The second kappa shape index (κ2) is 4.60. The largest absolute Gasteiger partial charge is 0.387 e. The summed E-state index contributed by atoms with van der Waals surface area (Å²) >= 11 is 1.83. The van der Waals surface area contributed by atoms with Crippen molar-refractivity contribution in [3.05, 3.63) is 23.1 Å². The Morgan fingerprint density at radius 2 is 2.00 bits per heavy atom. The second-order valence-corrected chi connectivity index (χ2v) is 7.13. The van der Waals surface area contributed by atoms with E-state index in [0.29, 0.717) is 11.8 Å². The van der Waals surface area contributed by atoms with Gasteiger partial charge in [0.05, 0.1) is 18.0 Å². The van der Waals surface area contributed by atoms with E-state index in [0.717, 1.165) is 5.69 Å². The van der Waals surface area contributed by atoms with E-state index in [-0.39, 0.29) is 6.10 Å². The van der Waals surface area contributed by atoms with Crippen LogP contribution in [0.25, 0.3) is 4.83 Å². The van der Waals surface area contributed by atoms with Gasteiger partial charge in [-0.05, 0) is 37.5 Å². The maximum atomic E-state index is 10.9. The molecule has 2 aromatic rings. The summed E-state index contributed by atoms with van der Waals surface area (Å²) in [6.45, 7) is 0. The van der Waals surface area contributed by atoms with E-state index in [1.807, 2.05) is 23.9 Å². The van der Waals surface area contributed by atoms with Gasteiger partial charge < -0.3 is 5.11 Å². The Hall–Kier alpha value is -0.870. The molecule has 0 aromatic carbocycles. The quantitative estimate of drug-likeness (QED) is 0.923. The van der Waals surface area contributed by atoms with Gasteiger partial charge in [0.1, 0.15) is 11.2 Å². The molecule has 1 atom stereocenters. The molecule has 2 aliphatic carbocycles. The highest BCUT2D eigenvalue weighted by Crippen LogP contribution is 2.48. The number of aliphatic hydroxyl groups is 1. The summed E-state index contributed by atoms with van der Waals surface area (Å²) < 4.78 is 2.14. The molecule has 19 heavy (non-hydrogen) atoms. The van der Waals surface area contributed by atoms with E-state index in [2.05, 4.69) is 9.38 Å². The summed E-state index contributed by atoms with van der Waals surface area (Å²) in [6.07, 6.45) is 12.3. The van der Waals surface area contributed by atoms with Crippen LogP contribution in [0.5, 0.6) is 0 Å². The van der Waals surface area contributed by atoms with Crippen LogP contribution in [0, 0.1) is 5.92 Å². The molecule has 0 unspecified atom stereocenters. The highest BCUT2D eigenvalue weighted by atomic mass is 32.1. The minimum atomic E-state index is -0.293. The lowest BCUT2D eigenvalue weighted by atomic mass is 9.83. The minimum Gasteiger partial charge on any atom is -0.387 e. The van der Waals surface area contributed by atoms with Crippen LogP contribution in [0.15, 0.2) is 12.5 Å². The summed E-state index contributed by atoms with van der Waals surface area (Å²) in [4.78, 5) is 6.85. The van der Waals surface area contributed by atoms with Crippen molar-refractivity contribution < 1.29 is 5.11 Å². The number of rotatable bonds is 3. The summed E-state index contributed by atoms with van der Waals surface area (Å²) in [7, 11) is 0. The van der Waals surface area contributed by atoms with Crippen molar-refractivity contribution in [2.45, 2.75) is 57.0 Å². The number of aromatic nitrogens is 2. The smallest absolute Gasteiger partial charge is 0.120 e. The molecule has 3 nitrogen and oxygen atoms in total. The monoisotopic (exact) mass is 276 g/mol. The van der Waals surface area contributed by atoms with Crippen LogP contribution >= 0.6 is 11.3 Å². The first kappa shape index (κ1) is 11.9. The Bertz CT molecular complexity index is 578. The van der Waals surface area contributed by atoms with E-state index in [9.17, 15) is 5.11 Å². The molecular formula is C15H20N2OS. The van der Waals surface area contributed by atoms with Gasteiger partial charge in [-0.25, -0.2) is 4.98 Å². The highest BCUT2D eigenvalue weighted by molar-refractivity contribution is 7.17. The third-order valence-electron chi connectivity index (χ3n) is 4.66. The number of hydrogen-bond donors (Lipinski definition) is 1. The van der Waals surface area contributed by atoms with Gasteiger partial charge >= 0.3 is 0 Å². The molecule has 0 aliphatic heterocycles. The summed E-state index contributed by atoms with van der Waals surface area (Å²) in [5, 5.41) is 10.9. The van der Waals surface area contributed by atoms with E-state index in [1.54, 1.807) is 0 Å². The van der Waals surface area contributed by atoms with Gasteiger partial charge in [-0.1, -0.05) is 19.3 Å². The van der Waals surface area contributed by atoms with Crippen molar-refractivity contribution in [1.82, 2.24) is 9.38 Å². The molecule has 0 amide bonds. The van der Waals surface area contributed by atoms with Crippen LogP contribution in [0.4, 0.5) is 0 Å². The predicted molar refractivity (Wildman–Crippen MR) is 76.6 cm³/mol. The molecule has 0 bridgehead atoms. The fourth-order valence-corrected chi connectivity index (χ4v) is 4.73. The number of fused-ring (bicyclic) bond motifs is 1. The summed E-state index contributed by atoms with van der Waals surface area (Å²) in [6, 6.07) is 0. The lowest BCUT2D eigenvalue weighted by Crippen LogP contribution is -2.18. The molecule has 1 N–H and O–H groups in total. The molecule has 4 rings (SSSR count). The molecule has 2 heterocycles. The maximum absolute atomic E-state index is 10.9. The molecule has 0 radical (unpaired) electrons. The first-order valence-corrected chi connectivity index (χ1v) is 8.29. The molecule has 4 heteroatoms. The Morgan fingerprint density at radius 3 is 2.74 bits per heavy atom. The van der Waals surface area contributed by atoms with Gasteiger partial charge in [0.25, 0.3) is 0 Å². The molecule has 2 saturated carbocycles. The minimum absolute atomic E-state index is 0.293. The SMILES string of the molecule is O[C@H](c1c(C2CC2)sc2cncn12)C1CCCCC1. The van der Waals surface area contributed by atoms with E-state index < -0.39 is 0 Å². The number of thiazole rings is 1. The van der Waals surface area contributed by atoms with Crippen LogP contribution in [-0.2, 0) is 0 Å². The van der Waals surface area contributed by atoms with Crippen LogP contribution in [-0.4, -0.2) is 14.5 Å². The molecule has 2 fully saturated rings. The Kier molecular flexibility index (Phi) is 2.88. The van der Waals surface area contributed by atoms with Crippen molar-refractivity contribution in [3.8, 4) is 0 Å². The summed E-state index contributed by atoms with van der Waals surface area (Å²) in [5.41, 5.74) is 1.16. The first-order chi connectivity index (χ1) is 9.34. The zero-order valence-electron chi connectivity index (χ0n) is 11.1. The van der Waals surface area contributed by atoms with E-state index in [1.165, 1.54) is 54.7 Å². The van der Waals surface area contributed by atoms with Crippen molar-refractivity contribution >= 4 is 16.2 Å². The van der Waals surface area contributed by atoms with Crippen molar-refractivity contribution in [2.24, 2.45) is 5.92 Å². The fourth-order valence-electron chi connectivity index (χ4n) is 3.42. The Balaban J connectivity index is 1.74. The van der Waals surface area contributed by atoms with Crippen LogP contribution < -0.4 is 0 Å².